The molecule has 0 aliphatic carbocycles. The SMILES string of the molecule is C=CC[Si](C)(C)CN(CC)CCC. The van der Waals surface area contributed by atoms with Crippen LogP contribution in [0.15, 0.2) is 12.7 Å². The summed E-state index contributed by atoms with van der Waals surface area (Å²) < 4.78 is 0. The second kappa shape index (κ2) is 6.38. The molecule has 0 radical (unpaired) electrons. The van der Waals surface area contributed by atoms with Gasteiger partial charge in [-0.25, -0.2) is 0 Å². The van der Waals surface area contributed by atoms with Crippen molar-refractivity contribution in [2.75, 3.05) is 19.3 Å². The van der Waals surface area contributed by atoms with E-state index in [0.29, 0.717) is 0 Å². The van der Waals surface area contributed by atoms with Crippen LogP contribution in [0.3, 0.4) is 0 Å². The van der Waals surface area contributed by atoms with Crippen molar-refractivity contribution in [1.82, 2.24) is 4.90 Å². The quantitative estimate of drug-likeness (QED) is 0.450. The Morgan fingerprint density at radius 3 is 2.31 bits per heavy atom. The molecule has 0 fully saturated rings. The first-order valence-electron chi connectivity index (χ1n) is 5.39. The van der Waals surface area contributed by atoms with Crippen LogP contribution in [0, 0.1) is 0 Å². The van der Waals surface area contributed by atoms with Gasteiger partial charge < -0.3 is 4.90 Å². The second-order valence-electron chi connectivity index (χ2n) is 4.53. The van der Waals surface area contributed by atoms with E-state index in [-0.39, 0.29) is 0 Å². The molecule has 0 saturated carbocycles. The second-order valence-corrected chi connectivity index (χ2v) is 9.58. The average Bonchev–Trinajstić information content (AvgIpc) is 2.03. The number of nitrogens with zero attached hydrogens (tertiary/aromatic N) is 1. The van der Waals surface area contributed by atoms with Gasteiger partial charge in [0.05, 0.1) is 8.07 Å². The smallest absolute Gasteiger partial charge is 0.0666 e. The Bertz CT molecular complexity index is 143. The molecule has 13 heavy (non-hydrogen) atoms. The van der Waals surface area contributed by atoms with Crippen LogP contribution in [0.1, 0.15) is 20.3 Å². The van der Waals surface area contributed by atoms with Crippen LogP contribution in [0.4, 0.5) is 0 Å². The Hall–Kier alpha value is -0.0831. The zero-order chi connectivity index (χ0) is 10.3. The molecule has 0 atom stereocenters. The molecule has 0 N–H and O–H groups in total. The third-order valence-electron chi connectivity index (χ3n) is 2.34. The van der Waals surface area contributed by atoms with Crippen molar-refractivity contribution >= 4 is 8.07 Å². The van der Waals surface area contributed by atoms with Crippen molar-refractivity contribution in [2.24, 2.45) is 0 Å². The van der Waals surface area contributed by atoms with E-state index in [1.165, 1.54) is 31.7 Å². The normalized spacial score (nSPS) is 12.1. The van der Waals surface area contributed by atoms with Crippen molar-refractivity contribution in [3.05, 3.63) is 12.7 Å². The third-order valence-corrected chi connectivity index (χ3v) is 5.03. The van der Waals surface area contributed by atoms with Crippen LogP contribution >= 0.6 is 0 Å². The van der Waals surface area contributed by atoms with Crippen LogP contribution in [0.2, 0.25) is 19.1 Å². The van der Waals surface area contributed by atoms with Crippen molar-refractivity contribution in [2.45, 2.75) is 39.4 Å². The van der Waals surface area contributed by atoms with Gasteiger partial charge in [-0.05, 0) is 31.7 Å². The molecular formula is C11H25NSi. The summed E-state index contributed by atoms with van der Waals surface area (Å²) in [5.74, 6) is 0. The molecule has 0 aromatic carbocycles. The lowest BCUT2D eigenvalue weighted by molar-refractivity contribution is 0.329. The van der Waals surface area contributed by atoms with E-state index in [1.807, 2.05) is 0 Å². The van der Waals surface area contributed by atoms with Gasteiger partial charge in [-0.2, -0.15) is 0 Å². The van der Waals surface area contributed by atoms with Crippen molar-refractivity contribution in [3.8, 4) is 0 Å². The number of rotatable bonds is 7. The van der Waals surface area contributed by atoms with Gasteiger partial charge in [0.25, 0.3) is 0 Å². The monoisotopic (exact) mass is 199 g/mol. The van der Waals surface area contributed by atoms with E-state index >= 15 is 0 Å². The minimum atomic E-state index is -1.02. The summed E-state index contributed by atoms with van der Waals surface area (Å²) in [7, 11) is -1.02. The third kappa shape index (κ3) is 6.05. The number of hydrogen-bond acceptors (Lipinski definition) is 1. The van der Waals surface area contributed by atoms with E-state index in [2.05, 4.69) is 44.5 Å². The molecule has 0 aromatic rings. The zero-order valence-corrected chi connectivity index (χ0v) is 10.8. The Morgan fingerprint density at radius 2 is 1.92 bits per heavy atom. The molecule has 0 aromatic heterocycles. The van der Waals surface area contributed by atoms with Crippen molar-refractivity contribution < 1.29 is 0 Å². The maximum Gasteiger partial charge on any atom is 0.0666 e. The molecule has 0 amide bonds. The lowest BCUT2D eigenvalue weighted by Gasteiger charge is -2.29. The molecule has 0 aliphatic heterocycles. The topological polar surface area (TPSA) is 3.24 Å². The summed E-state index contributed by atoms with van der Waals surface area (Å²) in [5.41, 5.74) is 0. The fourth-order valence-electron chi connectivity index (χ4n) is 1.73. The van der Waals surface area contributed by atoms with Gasteiger partial charge in [0.15, 0.2) is 0 Å². The Balaban J connectivity index is 3.96. The molecule has 0 aliphatic rings. The van der Waals surface area contributed by atoms with E-state index < -0.39 is 8.07 Å². The van der Waals surface area contributed by atoms with Gasteiger partial charge in [0.2, 0.25) is 0 Å². The highest BCUT2D eigenvalue weighted by Crippen LogP contribution is 2.11. The fourth-order valence-corrected chi connectivity index (χ4v) is 4.23. The first-order valence-corrected chi connectivity index (χ1v) is 8.80. The summed E-state index contributed by atoms with van der Waals surface area (Å²) in [4.78, 5) is 2.58. The van der Waals surface area contributed by atoms with Gasteiger partial charge in [-0.1, -0.05) is 33.0 Å². The van der Waals surface area contributed by atoms with E-state index in [1.54, 1.807) is 0 Å². The maximum atomic E-state index is 3.84. The predicted octanol–water partition coefficient (Wildman–Crippen LogP) is 3.15. The van der Waals surface area contributed by atoms with Crippen LogP contribution in [-0.2, 0) is 0 Å². The standard InChI is InChI=1S/C11H25NSi/c1-6-9-12(8-3)11-13(4,5)10-7-2/h7H,2,6,8-11H2,1,3-5H3. The lowest BCUT2D eigenvalue weighted by Crippen LogP contribution is -2.42. The summed E-state index contributed by atoms with van der Waals surface area (Å²) >= 11 is 0. The van der Waals surface area contributed by atoms with E-state index in [0.717, 1.165) is 0 Å². The number of hydrogen-bond donors (Lipinski definition) is 0. The summed E-state index contributed by atoms with van der Waals surface area (Å²) in [6.07, 6.45) is 4.68. The van der Waals surface area contributed by atoms with Crippen molar-refractivity contribution in [1.29, 1.82) is 0 Å². The van der Waals surface area contributed by atoms with Gasteiger partial charge in [-0.15, -0.1) is 6.58 Å². The van der Waals surface area contributed by atoms with E-state index in [4.69, 9.17) is 0 Å². The molecule has 2 heteroatoms. The fraction of sp³-hybridized carbons (Fsp3) is 0.818. The van der Waals surface area contributed by atoms with Crippen LogP contribution < -0.4 is 0 Å². The summed E-state index contributed by atoms with van der Waals surface area (Å²) in [6, 6.07) is 1.24. The highest BCUT2D eigenvalue weighted by atomic mass is 28.3. The van der Waals surface area contributed by atoms with Crippen LogP contribution in [0.25, 0.3) is 0 Å². The van der Waals surface area contributed by atoms with Crippen molar-refractivity contribution in [3.63, 3.8) is 0 Å². The van der Waals surface area contributed by atoms with Gasteiger partial charge in [-0.3, -0.25) is 0 Å². The molecule has 0 saturated heterocycles. The first kappa shape index (κ1) is 12.9. The molecule has 0 spiro atoms. The number of allylic oxidation sites excluding steroid dienone is 1. The Morgan fingerprint density at radius 1 is 1.31 bits per heavy atom. The Kier molecular flexibility index (Phi) is 6.34. The highest BCUT2D eigenvalue weighted by molar-refractivity contribution is 6.77. The van der Waals surface area contributed by atoms with Gasteiger partial charge in [0.1, 0.15) is 0 Å². The lowest BCUT2D eigenvalue weighted by atomic mass is 10.4. The average molecular weight is 199 g/mol. The molecule has 0 unspecified atom stereocenters. The molecular weight excluding hydrogens is 174 g/mol. The molecule has 78 valence electrons. The van der Waals surface area contributed by atoms with Gasteiger partial charge >= 0.3 is 0 Å². The Labute approximate surface area is 84.8 Å². The van der Waals surface area contributed by atoms with E-state index in [9.17, 15) is 0 Å². The molecule has 1 nitrogen and oxygen atoms in total. The first-order chi connectivity index (χ1) is 6.05. The summed E-state index contributed by atoms with van der Waals surface area (Å²) in [5, 5.41) is 0. The zero-order valence-electron chi connectivity index (χ0n) is 9.77. The minimum Gasteiger partial charge on any atom is -0.306 e. The molecule has 0 rings (SSSR count). The van der Waals surface area contributed by atoms with Crippen LogP contribution in [0.5, 0.6) is 0 Å². The minimum absolute atomic E-state index is 1.02. The molecule has 0 bridgehead atoms. The van der Waals surface area contributed by atoms with Crippen LogP contribution in [-0.4, -0.2) is 32.2 Å². The maximum absolute atomic E-state index is 3.84. The molecule has 0 heterocycles. The summed E-state index contributed by atoms with van der Waals surface area (Å²) in [6.45, 7) is 15.7. The predicted molar refractivity (Wildman–Crippen MR) is 64.9 cm³/mol. The van der Waals surface area contributed by atoms with Gasteiger partial charge in [0, 0.05) is 0 Å². The highest BCUT2D eigenvalue weighted by Gasteiger charge is 2.21. The largest absolute Gasteiger partial charge is 0.306 e.